The molecule has 4 rings (SSSR count). The number of fused-ring (bicyclic) bond motifs is 5. The number of imidazole rings is 1. The fraction of sp³-hybridized carbons (Fsp3) is 0.350. The lowest BCUT2D eigenvalue weighted by molar-refractivity contribution is -0.0493. The van der Waals surface area contributed by atoms with Crippen LogP contribution >= 0.6 is 0 Å². The van der Waals surface area contributed by atoms with Crippen molar-refractivity contribution in [3.05, 3.63) is 51.3 Å². The summed E-state index contributed by atoms with van der Waals surface area (Å²) in [5.41, 5.74) is 0.0483. The minimum atomic E-state index is -3.17. The monoisotopic (exact) mass is 421 g/mol. The van der Waals surface area contributed by atoms with E-state index in [1.807, 2.05) is 20.8 Å². The fourth-order valence-electron chi connectivity index (χ4n) is 3.96. The number of pyridine rings is 2. The maximum Gasteiger partial charge on any atom is 0.387 e. The Morgan fingerprint density at radius 3 is 2.67 bits per heavy atom. The quantitative estimate of drug-likeness (QED) is 0.670. The van der Waals surface area contributed by atoms with Crippen molar-refractivity contribution in [2.45, 2.75) is 39.7 Å². The second kappa shape index (κ2) is 6.61. The Kier molecular flexibility index (Phi) is 4.41. The largest absolute Gasteiger partial charge is 0.477 e. The average Bonchev–Trinajstić information content (AvgIpc) is 2.98. The maximum absolute atomic E-state index is 14.1. The number of alkyl halides is 2. The van der Waals surface area contributed by atoms with Crippen molar-refractivity contribution in [1.29, 1.82) is 0 Å². The molecule has 0 unspecified atom stereocenters. The van der Waals surface area contributed by atoms with Crippen LogP contribution in [0.1, 0.15) is 48.3 Å². The molecule has 7 nitrogen and oxygen atoms in total. The van der Waals surface area contributed by atoms with Crippen LogP contribution in [0.4, 0.5) is 13.2 Å². The number of halogens is 3. The highest BCUT2D eigenvalue weighted by Gasteiger charge is 2.37. The first-order valence-corrected chi connectivity index (χ1v) is 9.13. The maximum atomic E-state index is 14.1. The summed E-state index contributed by atoms with van der Waals surface area (Å²) in [7, 11) is 0. The topological polar surface area (TPSA) is 96.7 Å². The first kappa shape index (κ1) is 20.0. The standard InChI is InChI=1S/C20H18F3N3O4/c1-20(2,3)11-6-12-15(14-9(11)5-10(18(28)29)17(27)25-14)24-16-13(30-19(22)23)4-8(21)7-26(12)16/h4-5,7,11,19H,6H2,1-3H3,(H,25,27)(H,28,29)/t11-/m1/s1. The number of nitrogens with one attached hydrogen (secondary N) is 1. The first-order chi connectivity index (χ1) is 14.0. The van der Waals surface area contributed by atoms with Gasteiger partial charge in [0, 0.05) is 12.3 Å². The van der Waals surface area contributed by atoms with Crippen LogP contribution in [0, 0.1) is 11.2 Å². The van der Waals surface area contributed by atoms with Crippen LogP contribution in [-0.2, 0) is 6.42 Å². The number of aromatic nitrogens is 3. The summed E-state index contributed by atoms with van der Waals surface area (Å²) in [5.74, 6) is -2.83. The normalized spacial score (nSPS) is 15.9. The number of hydrogen-bond donors (Lipinski definition) is 2. The Morgan fingerprint density at radius 2 is 2.07 bits per heavy atom. The van der Waals surface area contributed by atoms with E-state index in [1.54, 1.807) is 0 Å². The predicted octanol–water partition coefficient (Wildman–Crippen LogP) is 3.81. The summed E-state index contributed by atoms with van der Waals surface area (Å²) in [6.45, 7) is 2.68. The molecule has 0 aromatic carbocycles. The molecular weight excluding hydrogens is 403 g/mol. The number of aromatic amines is 1. The average molecular weight is 421 g/mol. The van der Waals surface area contributed by atoms with Gasteiger partial charge in [-0.15, -0.1) is 0 Å². The Morgan fingerprint density at radius 1 is 1.37 bits per heavy atom. The summed E-state index contributed by atoms with van der Waals surface area (Å²) in [5, 5.41) is 9.35. The van der Waals surface area contributed by atoms with E-state index in [-0.39, 0.29) is 22.7 Å². The fourth-order valence-corrected chi connectivity index (χ4v) is 3.96. The molecule has 1 aliphatic rings. The van der Waals surface area contributed by atoms with Crippen molar-refractivity contribution >= 4 is 11.6 Å². The zero-order valence-corrected chi connectivity index (χ0v) is 16.3. The van der Waals surface area contributed by atoms with Gasteiger partial charge >= 0.3 is 12.6 Å². The van der Waals surface area contributed by atoms with Crippen molar-refractivity contribution in [1.82, 2.24) is 14.4 Å². The molecule has 158 valence electrons. The molecule has 30 heavy (non-hydrogen) atoms. The molecule has 1 atom stereocenters. The van der Waals surface area contributed by atoms with E-state index >= 15 is 0 Å². The van der Waals surface area contributed by atoms with Gasteiger partial charge in [0.05, 0.1) is 11.4 Å². The zero-order chi connectivity index (χ0) is 22.0. The van der Waals surface area contributed by atoms with E-state index in [1.165, 1.54) is 10.5 Å². The lowest BCUT2D eigenvalue weighted by atomic mass is 9.70. The van der Waals surface area contributed by atoms with Gasteiger partial charge in [-0.3, -0.25) is 9.20 Å². The number of H-pyrrole nitrogens is 1. The van der Waals surface area contributed by atoms with Gasteiger partial charge in [0.25, 0.3) is 5.56 Å². The van der Waals surface area contributed by atoms with Gasteiger partial charge < -0.3 is 14.8 Å². The summed E-state index contributed by atoms with van der Waals surface area (Å²) in [6, 6.07) is 2.15. The van der Waals surface area contributed by atoms with Gasteiger partial charge in [-0.05, 0) is 29.4 Å². The predicted molar refractivity (Wildman–Crippen MR) is 101 cm³/mol. The summed E-state index contributed by atoms with van der Waals surface area (Å²) >= 11 is 0. The van der Waals surface area contributed by atoms with Crippen LogP contribution < -0.4 is 10.3 Å². The number of hydrogen-bond acceptors (Lipinski definition) is 4. The van der Waals surface area contributed by atoms with Gasteiger partial charge in [-0.2, -0.15) is 8.78 Å². The minimum absolute atomic E-state index is 0.0228. The molecule has 0 spiro atoms. The summed E-state index contributed by atoms with van der Waals surface area (Å²) in [4.78, 5) is 30.7. The number of aromatic carboxylic acids is 1. The van der Waals surface area contributed by atoms with Gasteiger partial charge in [-0.1, -0.05) is 20.8 Å². The van der Waals surface area contributed by atoms with Gasteiger partial charge in [-0.25, -0.2) is 14.2 Å². The van der Waals surface area contributed by atoms with Crippen LogP contribution in [0.5, 0.6) is 5.75 Å². The summed E-state index contributed by atoms with van der Waals surface area (Å²) in [6.07, 6.45) is 1.45. The molecule has 0 fully saturated rings. The number of carbonyl (C=O) groups is 1. The third-order valence-corrected chi connectivity index (χ3v) is 5.33. The second-order valence-electron chi connectivity index (χ2n) is 8.27. The SMILES string of the molecule is CC(C)(C)[C@@H]1Cc2c(nc3c(OC(F)F)cc(F)cn23)-c2[nH]c(=O)c(C(=O)O)cc21. The highest BCUT2D eigenvalue weighted by Crippen LogP contribution is 2.47. The van der Waals surface area contributed by atoms with Crippen LogP contribution in [0.3, 0.4) is 0 Å². The molecule has 0 amide bonds. The third kappa shape index (κ3) is 3.12. The summed E-state index contributed by atoms with van der Waals surface area (Å²) < 4.78 is 45.5. The zero-order valence-electron chi connectivity index (χ0n) is 16.3. The second-order valence-corrected chi connectivity index (χ2v) is 8.27. The molecule has 3 aromatic heterocycles. The van der Waals surface area contributed by atoms with Crippen molar-refractivity contribution in [3.63, 3.8) is 0 Å². The molecule has 0 saturated heterocycles. The lowest BCUT2D eigenvalue weighted by Gasteiger charge is -2.35. The number of nitrogens with zero attached hydrogens (tertiary/aromatic N) is 2. The lowest BCUT2D eigenvalue weighted by Crippen LogP contribution is -2.29. The van der Waals surface area contributed by atoms with Gasteiger partial charge in [0.1, 0.15) is 17.1 Å². The number of carboxylic acids is 1. The number of carboxylic acid groups (broad SMARTS) is 1. The highest BCUT2D eigenvalue weighted by molar-refractivity contribution is 5.88. The Labute approximate surface area is 168 Å². The minimum Gasteiger partial charge on any atom is -0.477 e. The van der Waals surface area contributed by atoms with E-state index in [9.17, 15) is 27.9 Å². The Balaban J connectivity index is 2.06. The van der Waals surface area contributed by atoms with E-state index < -0.39 is 35.3 Å². The van der Waals surface area contributed by atoms with Crippen molar-refractivity contribution in [2.75, 3.05) is 0 Å². The van der Waals surface area contributed by atoms with Crippen LogP contribution in [0.25, 0.3) is 17.0 Å². The van der Waals surface area contributed by atoms with E-state index in [4.69, 9.17) is 0 Å². The van der Waals surface area contributed by atoms with Gasteiger partial charge in [0.15, 0.2) is 11.4 Å². The Bertz CT molecular complexity index is 1240. The molecule has 0 radical (unpaired) electrons. The van der Waals surface area contributed by atoms with Crippen molar-refractivity contribution in [2.24, 2.45) is 5.41 Å². The molecule has 0 aliphatic heterocycles. The van der Waals surface area contributed by atoms with E-state index in [2.05, 4.69) is 14.7 Å². The molecule has 2 N–H and O–H groups in total. The molecule has 0 bridgehead atoms. The molecule has 0 saturated carbocycles. The Hall–Kier alpha value is -3.30. The molecular formula is C20H18F3N3O4. The van der Waals surface area contributed by atoms with E-state index in [0.29, 0.717) is 23.4 Å². The molecule has 10 heteroatoms. The van der Waals surface area contributed by atoms with Crippen molar-refractivity contribution < 1.29 is 27.8 Å². The number of ether oxygens (including phenoxy) is 1. The van der Waals surface area contributed by atoms with Crippen LogP contribution in [0.15, 0.2) is 23.1 Å². The number of rotatable bonds is 3. The molecule has 3 aromatic rings. The smallest absolute Gasteiger partial charge is 0.387 e. The van der Waals surface area contributed by atoms with Crippen molar-refractivity contribution in [3.8, 4) is 17.1 Å². The molecule has 3 heterocycles. The third-order valence-electron chi connectivity index (χ3n) is 5.33. The highest BCUT2D eigenvalue weighted by atomic mass is 19.3. The van der Waals surface area contributed by atoms with Crippen LogP contribution in [-0.4, -0.2) is 32.1 Å². The molecule has 1 aliphatic carbocycles. The van der Waals surface area contributed by atoms with E-state index in [0.717, 1.165) is 12.3 Å². The van der Waals surface area contributed by atoms with Gasteiger partial charge in [0.2, 0.25) is 0 Å². The van der Waals surface area contributed by atoms with Crippen LogP contribution in [0.2, 0.25) is 0 Å². The first-order valence-electron chi connectivity index (χ1n) is 9.13.